The fraction of sp³-hybridized carbons (Fsp3) is 0.706. The van der Waals surface area contributed by atoms with Crippen LogP contribution in [0.4, 0.5) is 0 Å². The van der Waals surface area contributed by atoms with Gasteiger partial charge in [-0.3, -0.25) is 53.1 Å². The number of aliphatic hydroxyl groups is 2. The van der Waals surface area contributed by atoms with Crippen molar-refractivity contribution >= 4 is 71.1 Å². The van der Waals surface area contributed by atoms with Crippen molar-refractivity contribution in [1.82, 2.24) is 57.8 Å². The number of aromatic nitrogens is 2. The van der Waals surface area contributed by atoms with E-state index in [1.807, 2.05) is 0 Å². The van der Waals surface area contributed by atoms with Crippen molar-refractivity contribution in [2.75, 3.05) is 19.6 Å². The van der Waals surface area contributed by atoms with Crippen molar-refractivity contribution in [2.45, 2.75) is 198 Å². The van der Waals surface area contributed by atoms with E-state index >= 15 is 0 Å². The number of aliphatic carboxylic acids is 1. The highest BCUT2D eigenvalue weighted by Gasteiger charge is 2.37. The number of amides is 9. The lowest BCUT2D eigenvalue weighted by atomic mass is 9.84. The zero-order valence-electron chi connectivity index (χ0n) is 47.8. The van der Waals surface area contributed by atoms with Gasteiger partial charge in [0.15, 0.2) is 11.9 Å². The predicted octanol–water partition coefficient (Wildman–Crippen LogP) is -4.94. The average molecular weight is 1160 g/mol. The Hall–Kier alpha value is -7.67. The van der Waals surface area contributed by atoms with E-state index in [4.69, 9.17) is 28.7 Å². The first-order valence-corrected chi connectivity index (χ1v) is 27.8. The summed E-state index contributed by atoms with van der Waals surface area (Å²) in [6.45, 7) is 8.35. The van der Waals surface area contributed by atoms with Crippen LogP contribution in [0.2, 0.25) is 0 Å². The summed E-state index contributed by atoms with van der Waals surface area (Å²) in [6, 6.07) is -12.3. The van der Waals surface area contributed by atoms with Crippen LogP contribution in [0.5, 0.6) is 0 Å². The number of nitrogens with two attached hydrogens (primary N) is 5. The Bertz CT molecular complexity index is 2310. The van der Waals surface area contributed by atoms with Crippen LogP contribution in [0.1, 0.15) is 131 Å². The van der Waals surface area contributed by atoms with Crippen LogP contribution in [0, 0.1) is 11.8 Å². The normalized spacial score (nSPS) is 16.8. The number of nitrogens with one attached hydrogen (secondary N) is 10. The lowest BCUT2D eigenvalue weighted by Crippen LogP contribution is -2.62. The lowest BCUT2D eigenvalue weighted by molar-refractivity contribution is -0.143. The molecule has 2 rings (SSSR count). The van der Waals surface area contributed by atoms with Gasteiger partial charge >= 0.3 is 5.97 Å². The standard InChI is InChI=1S/C51H90N18O13/c1-7-14-34(49(81)82)64-47(79)38(26(3)8-2)67-43(75)33(18-13-20-59-51(55)56)63-37(72)24-60-46(78)39(28(5)70)69-48(80)40(29(6)71)68-45(77)36(22-31-23-57-25-61-31)66-44(76)35(21-30-15-10-9-11-16-30)65-41(73)27(4)62-42(74)32(52)17-12-19-58-50(53)54/h23,25-30,32-36,38-40,70-71H,7-22,24,52H2,1-6H3,(H,57,61)(H,60,78)(H,62,74)(H,63,72)(H,64,79)(H,65,73)(H,66,76)(H,67,75)(H,68,77)(H,69,80)(H,81,82)(H4,53,54,58)(H4,55,56,59)/t26?,27-,28+,29+,32-,33+,34-,35-,36-,38-,39-,40-/m0/s1. The molecule has 9 amide bonds. The summed E-state index contributed by atoms with van der Waals surface area (Å²) >= 11 is 0. The van der Waals surface area contributed by atoms with Crippen molar-refractivity contribution in [1.29, 1.82) is 0 Å². The Labute approximate surface area is 477 Å². The molecule has 1 heterocycles. The third-order valence-electron chi connectivity index (χ3n) is 13.7. The largest absolute Gasteiger partial charge is 0.480 e. The van der Waals surface area contributed by atoms with Gasteiger partial charge in [0.1, 0.15) is 48.3 Å². The number of imidazole rings is 1. The van der Waals surface area contributed by atoms with Crippen molar-refractivity contribution < 1.29 is 63.3 Å². The average Bonchev–Trinajstić information content (AvgIpc) is 3.98. The number of carboxylic acid groups (broad SMARTS) is 1. The number of carbonyl (C=O) groups excluding carboxylic acids is 9. The SMILES string of the molecule is CCC[C@H](NC(=O)[C@@H](NC(=O)[C@@H](CCCN=C(N)N)NC(=O)CNC(=O)[C@@H](NC(=O)[C@@H](NC(=O)[C@H](Cc1cnc[nH]1)NC(=O)[C@H](CC1CCCCC1)NC(=O)[C@H](C)NC(=O)[C@@H](N)CCCN=C(N)N)[C@@H](C)O)[C@@H](C)O)C(C)CC)C(=O)O. The molecule has 0 radical (unpaired) electrons. The topological polar surface area (TPSA) is 523 Å². The van der Waals surface area contributed by atoms with Crippen molar-refractivity contribution in [2.24, 2.45) is 50.5 Å². The number of H-pyrrole nitrogens is 1. The first kappa shape index (κ1) is 70.4. The minimum Gasteiger partial charge on any atom is -0.480 e. The molecule has 0 aliphatic heterocycles. The fourth-order valence-corrected chi connectivity index (χ4v) is 8.78. The van der Waals surface area contributed by atoms with Gasteiger partial charge in [-0.15, -0.1) is 0 Å². The molecule has 0 bridgehead atoms. The summed E-state index contributed by atoms with van der Waals surface area (Å²) in [4.78, 5) is 149. The zero-order valence-corrected chi connectivity index (χ0v) is 47.8. The summed E-state index contributed by atoms with van der Waals surface area (Å²) in [5, 5.41) is 53.7. The number of rotatable bonds is 37. The van der Waals surface area contributed by atoms with Crippen LogP contribution in [0.15, 0.2) is 22.5 Å². The quantitative estimate of drug-likeness (QED) is 0.0169. The highest BCUT2D eigenvalue weighted by molar-refractivity contribution is 5.98. The van der Waals surface area contributed by atoms with Crippen LogP contribution in [0.25, 0.3) is 0 Å². The van der Waals surface area contributed by atoms with Gasteiger partial charge in [-0.05, 0) is 71.1 Å². The number of hydrogen-bond acceptors (Lipinski definition) is 16. The molecule has 0 saturated heterocycles. The molecule has 23 N–H and O–H groups in total. The van der Waals surface area contributed by atoms with Gasteiger partial charge in [0.25, 0.3) is 0 Å². The molecule has 1 fully saturated rings. The molecule has 31 nitrogen and oxygen atoms in total. The minimum atomic E-state index is -1.83. The van der Waals surface area contributed by atoms with E-state index in [-0.39, 0.29) is 69.5 Å². The Morgan fingerprint density at radius 3 is 1.70 bits per heavy atom. The molecule has 0 spiro atoms. The van der Waals surface area contributed by atoms with Crippen LogP contribution >= 0.6 is 0 Å². The van der Waals surface area contributed by atoms with Gasteiger partial charge in [0.2, 0.25) is 53.2 Å². The molecule has 31 heteroatoms. The van der Waals surface area contributed by atoms with E-state index in [2.05, 4.69) is 67.8 Å². The number of carbonyl (C=O) groups is 10. The molecule has 1 aliphatic carbocycles. The first-order chi connectivity index (χ1) is 38.7. The molecule has 1 aromatic heterocycles. The summed E-state index contributed by atoms with van der Waals surface area (Å²) in [7, 11) is 0. The van der Waals surface area contributed by atoms with E-state index in [1.165, 1.54) is 19.4 Å². The summed E-state index contributed by atoms with van der Waals surface area (Å²) in [5.74, 6) is -9.98. The number of carboxylic acids is 1. The summed E-state index contributed by atoms with van der Waals surface area (Å²) < 4.78 is 0. The number of nitrogens with zero attached hydrogens (tertiary/aromatic N) is 3. The highest BCUT2D eigenvalue weighted by Crippen LogP contribution is 2.27. The number of guanidine groups is 2. The molecular formula is C51H90N18O13. The van der Waals surface area contributed by atoms with Crippen LogP contribution < -0.4 is 76.5 Å². The second-order valence-corrected chi connectivity index (χ2v) is 20.7. The van der Waals surface area contributed by atoms with E-state index in [1.54, 1.807) is 20.8 Å². The van der Waals surface area contributed by atoms with E-state index in [0.717, 1.165) is 46.0 Å². The first-order valence-electron chi connectivity index (χ1n) is 27.8. The minimum absolute atomic E-state index is 0.0164. The third-order valence-corrected chi connectivity index (χ3v) is 13.7. The number of aliphatic imine (C=N–C) groups is 2. The van der Waals surface area contributed by atoms with Crippen molar-refractivity contribution in [3.63, 3.8) is 0 Å². The maximum atomic E-state index is 14.3. The lowest BCUT2D eigenvalue weighted by Gasteiger charge is -2.30. The van der Waals surface area contributed by atoms with E-state index in [9.17, 15) is 63.3 Å². The molecular weight excluding hydrogens is 1070 g/mol. The molecule has 12 atom stereocenters. The molecule has 1 aliphatic rings. The van der Waals surface area contributed by atoms with Gasteiger partial charge in [0.05, 0.1) is 31.1 Å². The van der Waals surface area contributed by atoms with E-state index < -0.39 is 138 Å². The number of aliphatic hydroxyl groups excluding tert-OH is 2. The Balaban J connectivity index is 2.29. The van der Waals surface area contributed by atoms with Crippen LogP contribution in [0.3, 0.4) is 0 Å². The Morgan fingerprint density at radius 1 is 0.622 bits per heavy atom. The van der Waals surface area contributed by atoms with Crippen LogP contribution in [-0.4, -0.2) is 183 Å². The second-order valence-electron chi connectivity index (χ2n) is 20.7. The van der Waals surface area contributed by atoms with Gasteiger partial charge in [-0.1, -0.05) is 65.7 Å². The second kappa shape index (κ2) is 36.6. The molecule has 0 aromatic carbocycles. The van der Waals surface area contributed by atoms with Gasteiger partial charge < -0.3 is 96.8 Å². The monoisotopic (exact) mass is 1160 g/mol. The van der Waals surface area contributed by atoms with E-state index in [0.29, 0.717) is 25.0 Å². The molecule has 1 aromatic rings. The number of aromatic amines is 1. The van der Waals surface area contributed by atoms with Crippen LogP contribution in [-0.2, 0) is 54.4 Å². The number of hydrogen-bond donors (Lipinski definition) is 18. The third kappa shape index (κ3) is 25.8. The maximum absolute atomic E-state index is 14.3. The summed E-state index contributed by atoms with van der Waals surface area (Å²) in [6.07, 6.45) is 5.32. The van der Waals surface area contributed by atoms with Gasteiger partial charge in [-0.25, -0.2) is 9.78 Å². The molecule has 1 saturated carbocycles. The Morgan fingerprint density at radius 2 is 1.15 bits per heavy atom. The van der Waals surface area contributed by atoms with Gasteiger partial charge in [-0.2, -0.15) is 0 Å². The smallest absolute Gasteiger partial charge is 0.326 e. The predicted molar refractivity (Wildman–Crippen MR) is 301 cm³/mol. The van der Waals surface area contributed by atoms with Gasteiger partial charge in [0, 0.05) is 31.4 Å². The summed E-state index contributed by atoms with van der Waals surface area (Å²) in [5.41, 5.74) is 28.0. The molecule has 82 heavy (non-hydrogen) atoms. The Kier molecular flexibility index (Phi) is 31.5. The molecule has 462 valence electrons. The fourth-order valence-electron chi connectivity index (χ4n) is 8.78. The van der Waals surface area contributed by atoms with Crippen molar-refractivity contribution in [3.8, 4) is 0 Å². The maximum Gasteiger partial charge on any atom is 0.326 e. The zero-order chi connectivity index (χ0) is 61.6. The highest BCUT2D eigenvalue weighted by atomic mass is 16.4. The van der Waals surface area contributed by atoms with Crippen molar-refractivity contribution in [3.05, 3.63) is 18.2 Å². The molecule has 1 unspecified atom stereocenters.